The number of pyridine rings is 2. The minimum Gasteiger partial charge on any atom is -0.484 e. The van der Waals surface area contributed by atoms with Gasteiger partial charge in [-0.15, -0.1) is 0 Å². The average molecular weight is 562 g/mol. The van der Waals surface area contributed by atoms with E-state index in [2.05, 4.69) is 20.9 Å². The van der Waals surface area contributed by atoms with Crippen molar-refractivity contribution in [3.05, 3.63) is 77.4 Å². The van der Waals surface area contributed by atoms with E-state index in [0.29, 0.717) is 53.5 Å². The predicted octanol–water partition coefficient (Wildman–Crippen LogP) is 4.36. The fourth-order valence-electron chi connectivity index (χ4n) is 5.03. The molecule has 1 aliphatic rings. The van der Waals surface area contributed by atoms with Crippen LogP contribution >= 0.6 is 0 Å². The third kappa shape index (κ3) is 5.47. The SMILES string of the molecule is Cc1cc(C(C)Oc2cccc(F)c2S(N)(=O)=O)c2cc(-c3ccc(N4CCC(O)CC4)nc3)c(C#N)nc2c1. The highest BCUT2D eigenvalue weighted by Gasteiger charge is 2.24. The van der Waals surface area contributed by atoms with Gasteiger partial charge >= 0.3 is 0 Å². The van der Waals surface area contributed by atoms with E-state index in [-0.39, 0.29) is 17.5 Å². The fourth-order valence-corrected chi connectivity index (χ4v) is 5.77. The number of ether oxygens (including phenoxy) is 1. The number of fused-ring (bicyclic) bond motifs is 1. The molecular formula is C29H28FN5O4S. The van der Waals surface area contributed by atoms with Crippen LogP contribution < -0.4 is 14.8 Å². The summed E-state index contributed by atoms with van der Waals surface area (Å²) in [6, 6.07) is 15.2. The van der Waals surface area contributed by atoms with Crippen molar-refractivity contribution in [2.45, 2.75) is 43.8 Å². The number of anilines is 1. The highest BCUT2D eigenvalue weighted by atomic mass is 32.2. The summed E-state index contributed by atoms with van der Waals surface area (Å²) in [6.07, 6.45) is 2.07. The highest BCUT2D eigenvalue weighted by molar-refractivity contribution is 7.89. The van der Waals surface area contributed by atoms with Gasteiger partial charge in [0.2, 0.25) is 10.0 Å². The zero-order valence-electron chi connectivity index (χ0n) is 22.0. The normalized spacial score (nSPS) is 15.2. The molecule has 9 nitrogen and oxygen atoms in total. The van der Waals surface area contributed by atoms with Crippen molar-refractivity contribution in [2.24, 2.45) is 5.14 Å². The molecule has 1 saturated heterocycles. The number of aliphatic hydroxyl groups excluding tert-OH is 1. The Morgan fingerprint density at radius 3 is 2.60 bits per heavy atom. The summed E-state index contributed by atoms with van der Waals surface area (Å²) in [6.45, 7) is 5.02. The zero-order valence-corrected chi connectivity index (χ0v) is 22.8. The number of benzene rings is 2. The summed E-state index contributed by atoms with van der Waals surface area (Å²) >= 11 is 0. The average Bonchev–Trinajstić information content (AvgIpc) is 2.91. The second-order valence-electron chi connectivity index (χ2n) is 9.91. The third-order valence-electron chi connectivity index (χ3n) is 7.02. The molecule has 0 spiro atoms. The molecule has 11 heteroatoms. The Morgan fingerprint density at radius 1 is 1.20 bits per heavy atom. The largest absolute Gasteiger partial charge is 0.484 e. The van der Waals surface area contributed by atoms with Crippen LogP contribution in [-0.4, -0.2) is 42.7 Å². The number of aryl methyl sites for hydroxylation is 1. The number of nitrogens with zero attached hydrogens (tertiary/aromatic N) is 4. The molecule has 40 heavy (non-hydrogen) atoms. The quantitative estimate of drug-likeness (QED) is 0.354. The van der Waals surface area contributed by atoms with E-state index in [9.17, 15) is 23.2 Å². The summed E-state index contributed by atoms with van der Waals surface area (Å²) in [7, 11) is -4.38. The van der Waals surface area contributed by atoms with Gasteiger partial charge in [0, 0.05) is 41.4 Å². The number of piperidine rings is 1. The standard InChI is InChI=1S/C29H28FN5O4S/c1-17-12-21(18(2)39-27-5-3-4-24(30)29(27)40(32,37)38)23-14-22(26(15-31)34-25(23)13-17)19-6-7-28(33-16-19)35-10-8-20(36)9-11-35/h3-7,12-14,16,18,20,36H,8-11H2,1-2H3,(H2,32,37,38). The van der Waals surface area contributed by atoms with Gasteiger partial charge < -0.3 is 14.7 Å². The maximum atomic E-state index is 14.4. The summed E-state index contributed by atoms with van der Waals surface area (Å²) in [5.74, 6) is -0.404. The molecule has 0 saturated carbocycles. The van der Waals surface area contributed by atoms with Gasteiger partial charge in [-0.05, 0) is 68.7 Å². The van der Waals surface area contributed by atoms with Crippen molar-refractivity contribution in [3.63, 3.8) is 0 Å². The second-order valence-corrected chi connectivity index (χ2v) is 11.4. The first kappa shape index (κ1) is 27.5. The van der Waals surface area contributed by atoms with Gasteiger partial charge in [-0.25, -0.2) is 27.9 Å². The third-order valence-corrected chi connectivity index (χ3v) is 7.99. The summed E-state index contributed by atoms with van der Waals surface area (Å²) in [5, 5.41) is 25.6. The van der Waals surface area contributed by atoms with Crippen LogP contribution in [0.2, 0.25) is 0 Å². The molecular weight excluding hydrogens is 533 g/mol. The van der Waals surface area contributed by atoms with Gasteiger partial charge in [-0.1, -0.05) is 12.1 Å². The van der Waals surface area contributed by atoms with Crippen LogP contribution in [0.1, 0.15) is 42.7 Å². The Bertz CT molecular complexity index is 1730. The van der Waals surface area contributed by atoms with Crippen LogP contribution in [0.15, 0.2) is 59.6 Å². The smallest absolute Gasteiger partial charge is 0.244 e. The van der Waals surface area contributed by atoms with Gasteiger partial charge in [0.25, 0.3) is 0 Å². The monoisotopic (exact) mass is 561 g/mol. The number of hydrogen-bond acceptors (Lipinski definition) is 8. The van der Waals surface area contributed by atoms with E-state index in [0.717, 1.165) is 17.4 Å². The van der Waals surface area contributed by atoms with Crippen LogP contribution in [0, 0.1) is 24.1 Å². The lowest BCUT2D eigenvalue weighted by molar-refractivity contribution is 0.145. The van der Waals surface area contributed by atoms with Crippen molar-refractivity contribution >= 4 is 26.7 Å². The van der Waals surface area contributed by atoms with E-state index in [1.807, 2.05) is 37.3 Å². The molecule has 5 rings (SSSR count). The number of nitriles is 1. The molecule has 0 amide bonds. The number of halogens is 1. The summed E-state index contributed by atoms with van der Waals surface area (Å²) in [5.41, 5.74) is 3.60. The van der Waals surface area contributed by atoms with Crippen LogP contribution in [0.25, 0.3) is 22.0 Å². The Kier molecular flexibility index (Phi) is 7.42. The molecule has 1 atom stereocenters. The molecule has 4 aromatic rings. The van der Waals surface area contributed by atoms with Crippen LogP contribution in [0.5, 0.6) is 5.75 Å². The first-order chi connectivity index (χ1) is 19.0. The van der Waals surface area contributed by atoms with Crippen molar-refractivity contribution in [2.75, 3.05) is 18.0 Å². The number of rotatable bonds is 6. The summed E-state index contributed by atoms with van der Waals surface area (Å²) in [4.78, 5) is 10.6. The van der Waals surface area contributed by atoms with E-state index in [1.54, 1.807) is 13.1 Å². The maximum absolute atomic E-state index is 14.4. The Balaban J connectivity index is 1.55. The second kappa shape index (κ2) is 10.8. The minimum atomic E-state index is -4.38. The topological polar surface area (TPSA) is 142 Å². The van der Waals surface area contributed by atoms with E-state index >= 15 is 0 Å². The molecule has 3 N–H and O–H groups in total. The Hall–Kier alpha value is -4.11. The molecule has 0 aliphatic carbocycles. The molecule has 2 aromatic heterocycles. The molecule has 1 fully saturated rings. The molecule has 0 radical (unpaired) electrons. The van der Waals surface area contributed by atoms with Gasteiger partial charge in [0.15, 0.2) is 4.90 Å². The summed E-state index contributed by atoms with van der Waals surface area (Å²) < 4.78 is 44.5. The highest BCUT2D eigenvalue weighted by Crippen LogP contribution is 2.35. The molecule has 3 heterocycles. The van der Waals surface area contributed by atoms with Crippen LogP contribution in [0.4, 0.5) is 10.2 Å². The van der Waals surface area contributed by atoms with Crippen molar-refractivity contribution in [1.82, 2.24) is 9.97 Å². The first-order valence-corrected chi connectivity index (χ1v) is 14.3. The maximum Gasteiger partial charge on any atom is 0.244 e. The first-order valence-electron chi connectivity index (χ1n) is 12.8. The van der Waals surface area contributed by atoms with Gasteiger partial charge in [-0.2, -0.15) is 5.26 Å². The molecule has 0 bridgehead atoms. The molecule has 1 unspecified atom stereocenters. The molecule has 1 aliphatic heterocycles. The van der Waals surface area contributed by atoms with E-state index in [4.69, 9.17) is 9.88 Å². The predicted molar refractivity (Wildman–Crippen MR) is 149 cm³/mol. The van der Waals surface area contributed by atoms with Crippen molar-refractivity contribution < 1.29 is 22.7 Å². The molecule has 206 valence electrons. The number of hydrogen-bond donors (Lipinski definition) is 2. The Labute approximate surface area is 231 Å². The van der Waals surface area contributed by atoms with Gasteiger partial charge in [0.1, 0.15) is 35.3 Å². The number of sulfonamides is 1. The number of aliphatic hydroxyl groups is 1. The lowest BCUT2D eigenvalue weighted by Gasteiger charge is -2.30. The molecule has 2 aromatic carbocycles. The number of primary sulfonamides is 1. The lowest BCUT2D eigenvalue weighted by atomic mass is 9.96. The number of aromatic nitrogens is 2. The van der Waals surface area contributed by atoms with Gasteiger partial charge in [0.05, 0.1) is 11.6 Å². The van der Waals surface area contributed by atoms with Gasteiger partial charge in [-0.3, -0.25) is 0 Å². The lowest BCUT2D eigenvalue weighted by Crippen LogP contribution is -2.36. The van der Waals surface area contributed by atoms with E-state index < -0.39 is 26.8 Å². The van der Waals surface area contributed by atoms with Crippen molar-refractivity contribution in [3.8, 4) is 22.9 Å². The Morgan fingerprint density at radius 2 is 1.95 bits per heavy atom. The fraction of sp³-hybridized carbons (Fsp3) is 0.276. The van der Waals surface area contributed by atoms with E-state index in [1.165, 1.54) is 12.1 Å². The van der Waals surface area contributed by atoms with Crippen LogP contribution in [-0.2, 0) is 10.0 Å². The minimum absolute atomic E-state index is 0.198. The van der Waals surface area contributed by atoms with Crippen molar-refractivity contribution in [1.29, 1.82) is 5.26 Å². The number of nitrogens with two attached hydrogens (primary N) is 1. The zero-order chi connectivity index (χ0) is 28.6. The van der Waals surface area contributed by atoms with Crippen LogP contribution in [0.3, 0.4) is 0 Å².